The first-order valence-electron chi connectivity index (χ1n) is 4.98. The van der Waals surface area contributed by atoms with Gasteiger partial charge in [0.2, 0.25) is 0 Å². The predicted molar refractivity (Wildman–Crippen MR) is 64.0 cm³/mol. The highest BCUT2D eigenvalue weighted by Crippen LogP contribution is 2.17. The SMILES string of the molecule is Cc1ccc(C(C)OCCCBr)cc1. The molecule has 1 aromatic carbocycles. The lowest BCUT2D eigenvalue weighted by molar-refractivity contribution is 0.0669. The zero-order chi connectivity index (χ0) is 10.4. The summed E-state index contributed by atoms with van der Waals surface area (Å²) in [5.74, 6) is 0. The Kier molecular flexibility index (Phi) is 5.20. The molecule has 0 saturated carbocycles. The predicted octanol–water partition coefficient (Wildman–Crippen LogP) is 3.86. The van der Waals surface area contributed by atoms with E-state index in [1.54, 1.807) is 0 Å². The Balaban J connectivity index is 2.43. The van der Waals surface area contributed by atoms with Crippen LogP contribution in [0.15, 0.2) is 24.3 Å². The second-order valence-corrected chi connectivity index (χ2v) is 4.26. The molecule has 0 bridgehead atoms. The lowest BCUT2D eigenvalue weighted by atomic mass is 10.1. The highest BCUT2D eigenvalue weighted by atomic mass is 79.9. The van der Waals surface area contributed by atoms with Crippen molar-refractivity contribution in [1.29, 1.82) is 0 Å². The molecular weight excluding hydrogens is 240 g/mol. The van der Waals surface area contributed by atoms with Crippen LogP contribution in [-0.4, -0.2) is 11.9 Å². The smallest absolute Gasteiger partial charge is 0.0796 e. The van der Waals surface area contributed by atoms with Crippen molar-refractivity contribution in [3.63, 3.8) is 0 Å². The van der Waals surface area contributed by atoms with Gasteiger partial charge in [-0.05, 0) is 25.8 Å². The Bertz CT molecular complexity index is 256. The van der Waals surface area contributed by atoms with Crippen LogP contribution < -0.4 is 0 Å². The normalized spacial score (nSPS) is 12.8. The van der Waals surface area contributed by atoms with Crippen LogP contribution in [0.1, 0.15) is 30.6 Å². The summed E-state index contributed by atoms with van der Waals surface area (Å²) in [5, 5.41) is 1.01. The molecule has 0 aromatic heterocycles. The van der Waals surface area contributed by atoms with E-state index in [0.29, 0.717) is 0 Å². The molecule has 1 aromatic rings. The van der Waals surface area contributed by atoms with Crippen molar-refractivity contribution in [3.05, 3.63) is 35.4 Å². The van der Waals surface area contributed by atoms with Crippen LogP contribution in [0, 0.1) is 6.92 Å². The van der Waals surface area contributed by atoms with Gasteiger partial charge in [0.1, 0.15) is 0 Å². The molecule has 0 spiro atoms. The van der Waals surface area contributed by atoms with Crippen molar-refractivity contribution in [2.75, 3.05) is 11.9 Å². The van der Waals surface area contributed by atoms with Gasteiger partial charge >= 0.3 is 0 Å². The third-order valence-electron chi connectivity index (χ3n) is 2.19. The standard InChI is InChI=1S/C12H17BrO/c1-10-4-6-12(7-5-10)11(2)14-9-3-8-13/h4-7,11H,3,8-9H2,1-2H3. The first kappa shape index (κ1) is 11.7. The van der Waals surface area contributed by atoms with E-state index in [1.807, 2.05) is 0 Å². The molecular formula is C12H17BrO. The maximum atomic E-state index is 5.68. The summed E-state index contributed by atoms with van der Waals surface area (Å²) in [6.07, 6.45) is 1.27. The van der Waals surface area contributed by atoms with Crippen LogP contribution in [0.5, 0.6) is 0 Å². The number of rotatable bonds is 5. The van der Waals surface area contributed by atoms with Crippen LogP contribution in [0.25, 0.3) is 0 Å². The van der Waals surface area contributed by atoms with Crippen molar-refractivity contribution in [3.8, 4) is 0 Å². The minimum atomic E-state index is 0.203. The van der Waals surface area contributed by atoms with Gasteiger partial charge in [0.05, 0.1) is 6.10 Å². The van der Waals surface area contributed by atoms with Crippen LogP contribution in [0.4, 0.5) is 0 Å². The molecule has 0 N–H and O–H groups in total. The largest absolute Gasteiger partial charge is 0.374 e. The molecule has 0 fully saturated rings. The van der Waals surface area contributed by atoms with E-state index in [0.717, 1.165) is 18.4 Å². The molecule has 1 rings (SSSR count). The second-order valence-electron chi connectivity index (χ2n) is 3.47. The number of ether oxygens (including phenoxy) is 1. The maximum Gasteiger partial charge on any atom is 0.0796 e. The van der Waals surface area contributed by atoms with Crippen LogP contribution in [-0.2, 0) is 4.74 Å². The lowest BCUT2D eigenvalue weighted by Gasteiger charge is -2.13. The highest BCUT2D eigenvalue weighted by Gasteiger charge is 2.03. The molecule has 0 radical (unpaired) electrons. The third kappa shape index (κ3) is 3.81. The first-order chi connectivity index (χ1) is 6.74. The Morgan fingerprint density at radius 1 is 1.29 bits per heavy atom. The van der Waals surface area contributed by atoms with E-state index in [4.69, 9.17) is 4.74 Å². The van der Waals surface area contributed by atoms with E-state index in [9.17, 15) is 0 Å². The van der Waals surface area contributed by atoms with Crippen molar-refractivity contribution in [2.24, 2.45) is 0 Å². The third-order valence-corrected chi connectivity index (χ3v) is 2.75. The summed E-state index contributed by atoms with van der Waals surface area (Å²) >= 11 is 3.39. The number of hydrogen-bond acceptors (Lipinski definition) is 1. The van der Waals surface area contributed by atoms with Crippen LogP contribution in [0.3, 0.4) is 0 Å². The summed E-state index contributed by atoms with van der Waals surface area (Å²) in [6, 6.07) is 8.52. The average molecular weight is 257 g/mol. The second kappa shape index (κ2) is 6.20. The van der Waals surface area contributed by atoms with E-state index in [2.05, 4.69) is 54.0 Å². The Hall–Kier alpha value is -0.340. The Morgan fingerprint density at radius 3 is 2.50 bits per heavy atom. The fraction of sp³-hybridized carbons (Fsp3) is 0.500. The number of alkyl halides is 1. The Morgan fingerprint density at radius 2 is 1.93 bits per heavy atom. The number of halogens is 1. The molecule has 78 valence electrons. The number of aryl methyl sites for hydroxylation is 1. The lowest BCUT2D eigenvalue weighted by Crippen LogP contribution is -2.01. The summed E-state index contributed by atoms with van der Waals surface area (Å²) in [5.41, 5.74) is 2.55. The Labute approximate surface area is 94.6 Å². The van der Waals surface area contributed by atoms with E-state index in [1.165, 1.54) is 11.1 Å². The quantitative estimate of drug-likeness (QED) is 0.575. The van der Waals surface area contributed by atoms with Gasteiger partial charge < -0.3 is 4.74 Å². The molecule has 0 aliphatic carbocycles. The molecule has 14 heavy (non-hydrogen) atoms. The van der Waals surface area contributed by atoms with Crippen molar-refractivity contribution in [2.45, 2.75) is 26.4 Å². The maximum absolute atomic E-state index is 5.68. The molecule has 0 amide bonds. The molecule has 0 aliphatic heterocycles. The monoisotopic (exact) mass is 256 g/mol. The van der Waals surface area contributed by atoms with Gasteiger partial charge in [-0.15, -0.1) is 0 Å². The summed E-state index contributed by atoms with van der Waals surface area (Å²) in [7, 11) is 0. The minimum absolute atomic E-state index is 0.203. The van der Waals surface area contributed by atoms with Crippen molar-refractivity contribution >= 4 is 15.9 Å². The van der Waals surface area contributed by atoms with E-state index < -0.39 is 0 Å². The molecule has 0 saturated heterocycles. The molecule has 2 heteroatoms. The molecule has 1 unspecified atom stereocenters. The molecule has 1 nitrogen and oxygen atoms in total. The zero-order valence-electron chi connectivity index (χ0n) is 8.79. The van der Waals surface area contributed by atoms with Gasteiger partial charge in [-0.25, -0.2) is 0 Å². The van der Waals surface area contributed by atoms with Gasteiger partial charge in [-0.3, -0.25) is 0 Å². The minimum Gasteiger partial charge on any atom is -0.374 e. The van der Waals surface area contributed by atoms with Gasteiger partial charge in [-0.2, -0.15) is 0 Å². The van der Waals surface area contributed by atoms with Gasteiger partial charge in [0.15, 0.2) is 0 Å². The first-order valence-corrected chi connectivity index (χ1v) is 6.10. The van der Waals surface area contributed by atoms with Gasteiger partial charge in [0.25, 0.3) is 0 Å². The number of benzene rings is 1. The van der Waals surface area contributed by atoms with Gasteiger partial charge in [-0.1, -0.05) is 45.8 Å². The van der Waals surface area contributed by atoms with Crippen LogP contribution >= 0.6 is 15.9 Å². The molecule has 0 heterocycles. The van der Waals surface area contributed by atoms with Crippen molar-refractivity contribution in [1.82, 2.24) is 0 Å². The molecule has 0 aliphatic rings. The average Bonchev–Trinajstić information content (AvgIpc) is 2.19. The van der Waals surface area contributed by atoms with Gasteiger partial charge in [0, 0.05) is 11.9 Å². The fourth-order valence-electron chi connectivity index (χ4n) is 1.25. The summed E-state index contributed by atoms with van der Waals surface area (Å²) in [4.78, 5) is 0. The van der Waals surface area contributed by atoms with E-state index >= 15 is 0 Å². The molecule has 1 atom stereocenters. The summed E-state index contributed by atoms with van der Waals surface area (Å²) < 4.78 is 5.68. The van der Waals surface area contributed by atoms with Crippen LogP contribution in [0.2, 0.25) is 0 Å². The number of hydrogen-bond donors (Lipinski definition) is 0. The summed E-state index contributed by atoms with van der Waals surface area (Å²) in [6.45, 7) is 5.01. The van der Waals surface area contributed by atoms with Crippen molar-refractivity contribution < 1.29 is 4.74 Å². The highest BCUT2D eigenvalue weighted by molar-refractivity contribution is 9.09. The zero-order valence-corrected chi connectivity index (χ0v) is 10.4. The topological polar surface area (TPSA) is 9.23 Å². The van der Waals surface area contributed by atoms with E-state index in [-0.39, 0.29) is 6.10 Å². The fourth-order valence-corrected chi connectivity index (χ4v) is 1.48.